The first-order valence-corrected chi connectivity index (χ1v) is 10.9. The first kappa shape index (κ1) is 22.6. The molecule has 3 atom stereocenters. The Bertz CT molecular complexity index is 1080. The number of fused-ring (bicyclic) bond motifs is 2. The van der Waals surface area contributed by atoms with Crippen LogP contribution in [0.4, 0.5) is 13.2 Å². The smallest absolute Gasteiger partial charge is 0.273 e. The highest BCUT2D eigenvalue weighted by molar-refractivity contribution is 8.15. The van der Waals surface area contributed by atoms with Crippen molar-refractivity contribution in [3.63, 3.8) is 0 Å². The number of hydrazone groups is 1. The van der Waals surface area contributed by atoms with Crippen molar-refractivity contribution >= 4 is 22.7 Å². The molecular formula is C22H22F3N3O3S. The van der Waals surface area contributed by atoms with E-state index in [1.165, 1.54) is 30.3 Å². The molecule has 10 heteroatoms. The number of thioether (sulfide) groups is 1. The second-order valence-corrected chi connectivity index (χ2v) is 8.79. The van der Waals surface area contributed by atoms with E-state index in [0.29, 0.717) is 17.7 Å². The number of nitrogens with two attached hydrogens (primary N) is 1. The number of halogens is 3. The van der Waals surface area contributed by atoms with Gasteiger partial charge in [-0.25, -0.2) is 18.2 Å². The molecule has 0 unspecified atom stereocenters. The van der Waals surface area contributed by atoms with E-state index in [9.17, 15) is 18.0 Å². The number of ether oxygens (including phenoxy) is 2. The van der Waals surface area contributed by atoms with Crippen LogP contribution in [0.3, 0.4) is 0 Å². The predicted octanol–water partition coefficient (Wildman–Crippen LogP) is 3.59. The molecule has 0 aromatic heterocycles. The lowest BCUT2D eigenvalue weighted by Crippen LogP contribution is -2.53. The third kappa shape index (κ3) is 3.66. The molecule has 32 heavy (non-hydrogen) atoms. The summed E-state index contributed by atoms with van der Waals surface area (Å²) in [6.45, 7) is 2.01. The first-order valence-electron chi connectivity index (χ1n) is 10.0. The molecule has 0 aliphatic carbocycles. The Labute approximate surface area is 187 Å². The zero-order valence-electron chi connectivity index (χ0n) is 17.5. The highest BCUT2D eigenvalue weighted by Gasteiger charge is 2.57. The Morgan fingerprint density at radius 3 is 2.75 bits per heavy atom. The van der Waals surface area contributed by atoms with Crippen molar-refractivity contribution in [1.29, 1.82) is 0 Å². The fourth-order valence-electron chi connectivity index (χ4n) is 3.97. The molecule has 2 aromatic rings. The van der Waals surface area contributed by atoms with Crippen LogP contribution in [0.15, 0.2) is 41.5 Å². The van der Waals surface area contributed by atoms with Crippen molar-refractivity contribution in [1.82, 2.24) is 5.01 Å². The van der Waals surface area contributed by atoms with Gasteiger partial charge in [0.1, 0.15) is 34.3 Å². The Balaban J connectivity index is 1.94. The summed E-state index contributed by atoms with van der Waals surface area (Å²) in [4.78, 5) is 12.1. The van der Waals surface area contributed by atoms with Gasteiger partial charge in [0.2, 0.25) is 0 Å². The van der Waals surface area contributed by atoms with E-state index in [4.69, 9.17) is 15.2 Å². The molecule has 1 amide bonds. The van der Waals surface area contributed by atoms with Crippen LogP contribution in [0.2, 0.25) is 0 Å². The van der Waals surface area contributed by atoms with E-state index in [2.05, 4.69) is 5.10 Å². The van der Waals surface area contributed by atoms with Gasteiger partial charge in [0.15, 0.2) is 4.87 Å². The molecule has 2 aromatic carbocycles. The minimum atomic E-state index is -1.27. The molecule has 6 nitrogen and oxygen atoms in total. The second kappa shape index (κ2) is 8.76. The number of rotatable bonds is 5. The van der Waals surface area contributed by atoms with Gasteiger partial charge in [0, 0.05) is 24.2 Å². The van der Waals surface area contributed by atoms with E-state index in [0.717, 1.165) is 30.0 Å². The van der Waals surface area contributed by atoms with Crippen molar-refractivity contribution < 1.29 is 27.4 Å². The molecule has 0 radical (unpaired) electrons. The van der Waals surface area contributed by atoms with Gasteiger partial charge >= 0.3 is 0 Å². The van der Waals surface area contributed by atoms with E-state index in [1.807, 2.05) is 0 Å². The minimum Gasteiger partial charge on any atom is -0.493 e. The quantitative estimate of drug-likeness (QED) is 0.731. The van der Waals surface area contributed by atoms with Crippen LogP contribution >= 0.6 is 11.8 Å². The van der Waals surface area contributed by atoms with Gasteiger partial charge in [-0.1, -0.05) is 11.8 Å². The molecule has 1 spiro atoms. The number of hydrogen-bond donors (Lipinski definition) is 1. The summed E-state index contributed by atoms with van der Waals surface area (Å²) in [5.74, 6) is -2.40. The molecule has 0 saturated heterocycles. The first-order chi connectivity index (χ1) is 15.3. The van der Waals surface area contributed by atoms with Crippen LogP contribution in [0, 0.1) is 23.4 Å². The Morgan fingerprint density at radius 1 is 1.31 bits per heavy atom. The summed E-state index contributed by atoms with van der Waals surface area (Å²) in [5, 5.41) is 5.72. The zero-order chi connectivity index (χ0) is 23.0. The molecule has 2 aliphatic heterocycles. The largest absolute Gasteiger partial charge is 0.493 e. The van der Waals surface area contributed by atoms with Crippen LogP contribution in [0.1, 0.15) is 24.5 Å². The van der Waals surface area contributed by atoms with Gasteiger partial charge in [0.05, 0.1) is 6.61 Å². The fraction of sp³-hybridized carbons (Fsp3) is 0.364. The molecule has 4 rings (SSSR count). The number of nitrogens with zero attached hydrogens (tertiary/aromatic N) is 2. The number of amides is 1. The topological polar surface area (TPSA) is 77.1 Å². The van der Waals surface area contributed by atoms with Gasteiger partial charge in [-0.15, -0.1) is 0 Å². The molecule has 2 heterocycles. The third-order valence-electron chi connectivity index (χ3n) is 5.66. The lowest BCUT2D eigenvalue weighted by atomic mass is 9.86. The third-order valence-corrected chi connectivity index (χ3v) is 7.19. The van der Waals surface area contributed by atoms with Gasteiger partial charge < -0.3 is 15.2 Å². The molecule has 0 saturated carbocycles. The average molecular weight is 465 g/mol. The Kier molecular flexibility index (Phi) is 6.19. The van der Waals surface area contributed by atoms with E-state index in [1.54, 1.807) is 6.92 Å². The van der Waals surface area contributed by atoms with Gasteiger partial charge in [-0.2, -0.15) is 5.10 Å². The Hall–Kier alpha value is -2.56. The molecule has 170 valence electrons. The lowest BCUT2D eigenvalue weighted by Gasteiger charge is -2.45. The van der Waals surface area contributed by atoms with E-state index < -0.39 is 40.3 Å². The van der Waals surface area contributed by atoms with Crippen LogP contribution < -0.4 is 10.5 Å². The summed E-state index contributed by atoms with van der Waals surface area (Å²) < 4.78 is 54.0. The predicted molar refractivity (Wildman–Crippen MR) is 115 cm³/mol. The van der Waals surface area contributed by atoms with Crippen LogP contribution in [-0.4, -0.2) is 42.3 Å². The molecule has 0 fully saturated rings. The van der Waals surface area contributed by atoms with Gasteiger partial charge in [0.25, 0.3) is 5.91 Å². The lowest BCUT2D eigenvalue weighted by molar-refractivity contribution is -0.147. The fourth-order valence-corrected chi connectivity index (χ4v) is 5.49. The second-order valence-electron chi connectivity index (χ2n) is 7.58. The summed E-state index contributed by atoms with van der Waals surface area (Å²) in [6.07, 6.45) is -0.464. The normalized spacial score (nSPS) is 23.0. The number of benzene rings is 2. The van der Waals surface area contributed by atoms with Crippen molar-refractivity contribution in [3.8, 4) is 5.75 Å². The minimum absolute atomic E-state index is 0.0920. The summed E-state index contributed by atoms with van der Waals surface area (Å²) in [7, 11) is 1.38. The maximum Gasteiger partial charge on any atom is 0.273 e. The van der Waals surface area contributed by atoms with Crippen LogP contribution in [0.25, 0.3) is 0 Å². The van der Waals surface area contributed by atoms with Crippen LogP contribution in [0.5, 0.6) is 5.75 Å². The molecule has 2 aliphatic rings. The number of methoxy groups -OCH3 is 1. The highest BCUT2D eigenvalue weighted by atomic mass is 32.2. The van der Waals surface area contributed by atoms with Crippen molar-refractivity contribution in [3.05, 3.63) is 65.0 Å². The number of hydrogen-bond acceptors (Lipinski definition) is 6. The maximum absolute atomic E-state index is 14.6. The van der Waals surface area contributed by atoms with E-state index in [-0.39, 0.29) is 23.8 Å². The average Bonchev–Trinajstić information content (AvgIpc) is 3.17. The maximum atomic E-state index is 14.6. The van der Waals surface area contributed by atoms with Gasteiger partial charge in [-0.3, -0.25) is 4.79 Å². The summed E-state index contributed by atoms with van der Waals surface area (Å²) in [5.41, 5.74) is 6.13. The standard InChI is InChI=1S/C22H22F3N3O3S/c1-12(30-2)21(29)28-22(32-20(27-28)16-9-14(23)3-5-18(16)25)13(7-8-26)11-31-19-6-4-15(24)10-17(19)22/h3-6,9-10,12-13H,7-8,11,26H2,1-2H3/t12-,13+,22-/m1/s1. The highest BCUT2D eigenvalue weighted by Crippen LogP contribution is 2.57. The van der Waals surface area contributed by atoms with Crippen molar-refractivity contribution in [2.75, 3.05) is 20.3 Å². The molecular weight excluding hydrogens is 443 g/mol. The van der Waals surface area contributed by atoms with Crippen molar-refractivity contribution in [2.45, 2.75) is 24.3 Å². The van der Waals surface area contributed by atoms with Crippen molar-refractivity contribution in [2.24, 2.45) is 16.8 Å². The Morgan fingerprint density at radius 2 is 2.03 bits per heavy atom. The summed E-state index contributed by atoms with van der Waals surface area (Å²) >= 11 is 1.06. The molecule has 0 bridgehead atoms. The SMILES string of the molecule is CO[C@H](C)C(=O)N1N=C(c2cc(F)ccc2F)S[C@]12c1cc(F)ccc1OC[C@@H]2CCN. The van der Waals surface area contributed by atoms with Crippen LogP contribution in [-0.2, 0) is 14.4 Å². The molecule has 2 N–H and O–H groups in total. The number of carbonyl (C=O) groups excluding carboxylic acids is 1. The van der Waals surface area contributed by atoms with E-state index >= 15 is 0 Å². The summed E-state index contributed by atoms with van der Waals surface area (Å²) in [6, 6.07) is 7.04. The monoisotopic (exact) mass is 465 g/mol. The number of carbonyl (C=O) groups is 1. The van der Waals surface area contributed by atoms with Gasteiger partial charge in [-0.05, 0) is 56.3 Å². The zero-order valence-corrected chi connectivity index (χ0v) is 18.3.